The Morgan fingerprint density at radius 3 is 1.15 bits per heavy atom. The summed E-state index contributed by atoms with van der Waals surface area (Å²) in [6, 6.07) is 21.7. The monoisotopic (exact) mass is 836 g/mol. The zero-order valence-corrected chi connectivity index (χ0v) is 39.9. The molecule has 302 valence electrons. The minimum absolute atomic E-state index is 0. The number of nitrogens with one attached hydrogen (secondary N) is 3. The first-order valence-corrected chi connectivity index (χ1v) is 19.9. The summed E-state index contributed by atoms with van der Waals surface area (Å²) in [4.78, 5) is 63.1. The minimum Gasteiger partial charge on any atom is -0.545 e. The van der Waals surface area contributed by atoms with Crippen LogP contribution in [0.5, 0.6) is 0 Å². The van der Waals surface area contributed by atoms with Gasteiger partial charge in [0.25, 0.3) is 0 Å². The van der Waals surface area contributed by atoms with Crippen LogP contribution >= 0.6 is 0 Å². The van der Waals surface area contributed by atoms with Crippen molar-refractivity contribution in [2.45, 2.75) is 67.2 Å². The van der Waals surface area contributed by atoms with Gasteiger partial charge in [0.05, 0.1) is 11.9 Å². The molecule has 61 heavy (non-hydrogen) atoms. The Morgan fingerprint density at radius 2 is 0.869 bits per heavy atom. The van der Waals surface area contributed by atoms with Crippen LogP contribution < -0.4 is 85.3 Å². The predicted molar refractivity (Wildman–Crippen MR) is 222 cm³/mol. The van der Waals surface area contributed by atoms with Crippen molar-refractivity contribution >= 4 is 76.6 Å². The molecule has 4 aliphatic carbocycles. The number of anilines is 6. The molecule has 4 atom stereocenters. The van der Waals surface area contributed by atoms with E-state index >= 15 is 0 Å². The topological polar surface area (TPSA) is 189 Å². The Kier molecular flexibility index (Phi) is 12.9. The van der Waals surface area contributed by atoms with Crippen molar-refractivity contribution in [2.24, 2.45) is 33.5 Å². The van der Waals surface area contributed by atoms with Crippen LogP contribution in [0.25, 0.3) is 18.2 Å². The number of carboxylic acids is 2. The van der Waals surface area contributed by atoms with Crippen LogP contribution in [0.4, 0.5) is 34.9 Å². The number of aromatic nitrogens is 3. The second-order valence-corrected chi connectivity index (χ2v) is 17.8. The van der Waals surface area contributed by atoms with Crippen molar-refractivity contribution < 1.29 is 88.5 Å². The van der Waals surface area contributed by atoms with Gasteiger partial charge in [-0.3, -0.25) is 9.59 Å². The second-order valence-electron chi connectivity index (χ2n) is 17.8. The van der Waals surface area contributed by atoms with E-state index in [0.29, 0.717) is 22.6 Å². The minimum atomic E-state index is -1.85. The summed E-state index contributed by atoms with van der Waals surface area (Å²) in [5.41, 5.74) is 4.14. The van der Waals surface area contributed by atoms with Crippen molar-refractivity contribution in [3.05, 3.63) is 106 Å². The first-order chi connectivity index (χ1) is 27.9. The molecule has 4 unspecified atom stereocenters. The molecule has 0 amide bonds. The molecule has 3 aromatic carbocycles. The quantitative estimate of drug-likeness (QED) is 0.0837. The third-order valence-corrected chi connectivity index (χ3v) is 14.3. The van der Waals surface area contributed by atoms with E-state index in [1.807, 2.05) is 60.7 Å². The number of rotatable bonds is 11. The molecule has 4 aliphatic rings. The summed E-state index contributed by atoms with van der Waals surface area (Å²) in [5, 5.41) is 32.1. The zero-order chi connectivity index (χ0) is 42.1. The van der Waals surface area contributed by atoms with Crippen molar-refractivity contribution in [2.75, 3.05) is 16.0 Å². The number of benzene rings is 3. The third kappa shape index (κ3) is 8.19. The van der Waals surface area contributed by atoms with E-state index in [9.17, 15) is 29.4 Å². The van der Waals surface area contributed by atoms with Gasteiger partial charge in [0.2, 0.25) is 17.8 Å². The Morgan fingerprint density at radius 1 is 0.557 bits per heavy atom. The Balaban J connectivity index is 0.00000311. The van der Waals surface area contributed by atoms with E-state index in [4.69, 9.17) is 0 Å². The van der Waals surface area contributed by atoms with Gasteiger partial charge in [-0.05, 0) is 131 Å². The molecular weight excluding hydrogens is 791 g/mol. The number of carboxylic acid groups (broad SMARTS) is 2. The molecule has 1 aromatic heterocycles. The number of nitrogens with zero attached hydrogens (tertiary/aromatic N) is 3. The average Bonchev–Trinajstić information content (AvgIpc) is 3.67. The number of aliphatic carboxylic acids is 2. The Hall–Kier alpha value is -4.43. The standard InChI is InChI=1S/C47H48N6O6.2Na/c1-44(2)35-19-21-46(44,5)37(54)32(35)23-26-7-13-29(14-8-26)48-41-51-42(53-43(52-41)50-31-17-11-28(12-18-31)25-34(39(56)57)40(58)59)49-30-15-9-27(10-16-30)24-33-36-20-22-47(6,38(33)55)45(36,3)4;;/h7-18,23-25,35-36H,19-22H2,1-6H3,(H,56,57)(H,58,59)(H3,48,49,50,51,52,53);;/q;2*+1/p-2/b32-23+,33-24+;;. The van der Waals surface area contributed by atoms with Gasteiger partial charge in [-0.25, -0.2) is 0 Å². The van der Waals surface area contributed by atoms with E-state index in [2.05, 4.69) is 72.4 Å². The molecule has 4 saturated carbocycles. The summed E-state index contributed by atoms with van der Waals surface area (Å²) in [5.74, 6) is -2.08. The smallest absolute Gasteiger partial charge is 0.545 e. The number of allylic oxidation sites excluding steroid dienone is 2. The molecule has 0 radical (unpaired) electrons. The molecule has 12 nitrogen and oxygen atoms in total. The molecular formula is C47H46N6Na2O6. The zero-order valence-electron chi connectivity index (χ0n) is 35.9. The van der Waals surface area contributed by atoms with Gasteiger partial charge in [-0.2, -0.15) is 15.0 Å². The van der Waals surface area contributed by atoms with Crippen LogP contribution in [0.3, 0.4) is 0 Å². The van der Waals surface area contributed by atoms with Crippen LogP contribution in [0.1, 0.15) is 83.9 Å². The Labute approximate surface area is 399 Å². The van der Waals surface area contributed by atoms with Gasteiger partial charge in [0, 0.05) is 33.5 Å². The van der Waals surface area contributed by atoms with Gasteiger partial charge in [-0.1, -0.05) is 77.9 Å². The normalized spacial score (nSPS) is 25.1. The largest absolute Gasteiger partial charge is 1.00 e. The van der Waals surface area contributed by atoms with Crippen molar-refractivity contribution in [3.63, 3.8) is 0 Å². The molecule has 8 rings (SSSR count). The number of carbonyl (C=O) groups is 4. The number of Topliss-reactive ketones (excluding diaryl/α,β-unsaturated/α-hetero) is 2. The fourth-order valence-corrected chi connectivity index (χ4v) is 9.83. The van der Waals surface area contributed by atoms with Crippen LogP contribution in [0, 0.1) is 33.5 Å². The maximum Gasteiger partial charge on any atom is 1.00 e. The fraction of sp³-hybridized carbons (Fsp3) is 0.340. The van der Waals surface area contributed by atoms with Crippen molar-refractivity contribution in [3.8, 4) is 0 Å². The van der Waals surface area contributed by atoms with E-state index in [-0.39, 0.29) is 122 Å². The molecule has 0 saturated heterocycles. The molecule has 1 heterocycles. The molecule has 0 spiro atoms. The summed E-state index contributed by atoms with van der Waals surface area (Å²) in [6.07, 6.45) is 8.88. The number of carbonyl (C=O) groups excluding carboxylic acids is 4. The summed E-state index contributed by atoms with van der Waals surface area (Å²) in [6.45, 7) is 13.0. The SMILES string of the molecule is CC12CCC(/C(=C\c3ccc(Nc4nc(Nc5ccc(C=C(C(=O)[O-])C(=O)[O-])cc5)nc(Nc5ccc(/C=C6/C(=O)C7(C)CCC6C7(C)C)cc5)n4)cc3)C1=O)C2(C)C.[Na+].[Na+]. The maximum atomic E-state index is 13.4. The van der Waals surface area contributed by atoms with E-state index in [0.717, 1.165) is 54.0 Å². The van der Waals surface area contributed by atoms with Crippen LogP contribution in [0.2, 0.25) is 0 Å². The van der Waals surface area contributed by atoms with E-state index < -0.39 is 17.5 Å². The van der Waals surface area contributed by atoms with Crippen LogP contribution in [-0.2, 0) is 19.2 Å². The summed E-state index contributed by atoms with van der Waals surface area (Å²) < 4.78 is 0. The molecule has 0 aliphatic heterocycles. The van der Waals surface area contributed by atoms with Crippen LogP contribution in [-0.4, -0.2) is 38.5 Å². The molecule has 4 fully saturated rings. The first kappa shape index (κ1) is 46.1. The fourth-order valence-electron chi connectivity index (χ4n) is 9.83. The predicted octanol–water partition coefficient (Wildman–Crippen LogP) is 0.811. The van der Waals surface area contributed by atoms with E-state index in [1.165, 1.54) is 12.1 Å². The van der Waals surface area contributed by atoms with Crippen molar-refractivity contribution in [1.82, 2.24) is 15.0 Å². The molecule has 14 heteroatoms. The third-order valence-electron chi connectivity index (χ3n) is 14.3. The number of ketones is 2. The van der Waals surface area contributed by atoms with Gasteiger partial charge >= 0.3 is 59.1 Å². The first-order valence-electron chi connectivity index (χ1n) is 19.9. The van der Waals surface area contributed by atoms with Crippen molar-refractivity contribution in [1.29, 1.82) is 0 Å². The second kappa shape index (κ2) is 17.0. The molecule has 3 N–H and O–H groups in total. The Bertz CT molecular complexity index is 2370. The van der Waals surface area contributed by atoms with Gasteiger partial charge in [0.15, 0.2) is 11.6 Å². The average molecular weight is 837 g/mol. The number of fused-ring (bicyclic) bond motifs is 4. The van der Waals surface area contributed by atoms with Gasteiger partial charge < -0.3 is 35.8 Å². The van der Waals surface area contributed by atoms with E-state index in [1.54, 1.807) is 12.1 Å². The summed E-state index contributed by atoms with van der Waals surface area (Å²) in [7, 11) is 0. The van der Waals surface area contributed by atoms with Gasteiger partial charge in [-0.15, -0.1) is 0 Å². The maximum absolute atomic E-state index is 13.4. The summed E-state index contributed by atoms with van der Waals surface area (Å²) >= 11 is 0. The molecule has 4 bridgehead atoms. The van der Waals surface area contributed by atoms with Crippen LogP contribution in [0.15, 0.2) is 89.5 Å². The van der Waals surface area contributed by atoms with Gasteiger partial charge in [0.1, 0.15) is 0 Å². The number of hydrogen-bond acceptors (Lipinski definition) is 12. The number of hydrogen-bond donors (Lipinski definition) is 3. The molecule has 4 aromatic rings.